The highest BCUT2D eigenvalue weighted by molar-refractivity contribution is 5.89. The molecule has 0 amide bonds. The summed E-state index contributed by atoms with van der Waals surface area (Å²) in [5, 5.41) is 0. The Labute approximate surface area is 121 Å². The van der Waals surface area contributed by atoms with Gasteiger partial charge in [0.25, 0.3) is 0 Å². The second-order valence-corrected chi connectivity index (χ2v) is 5.92. The van der Waals surface area contributed by atoms with Crippen LogP contribution in [0.3, 0.4) is 0 Å². The summed E-state index contributed by atoms with van der Waals surface area (Å²) in [5.74, 6) is 0.580. The first kappa shape index (κ1) is 15.0. The van der Waals surface area contributed by atoms with E-state index in [1.807, 2.05) is 25.1 Å². The van der Waals surface area contributed by atoms with E-state index in [-0.39, 0.29) is 12.1 Å². The van der Waals surface area contributed by atoms with E-state index in [2.05, 4.69) is 11.8 Å². The molecule has 1 aliphatic rings. The first-order valence-corrected chi connectivity index (χ1v) is 7.63. The van der Waals surface area contributed by atoms with Crippen LogP contribution in [0, 0.1) is 5.92 Å². The monoisotopic (exact) mass is 275 g/mol. The number of esters is 1. The number of nitrogens with zero attached hydrogens (tertiary/aromatic N) is 1. The van der Waals surface area contributed by atoms with Crippen molar-refractivity contribution in [1.29, 1.82) is 0 Å². The fraction of sp³-hybridized carbons (Fsp3) is 0.588. The predicted octanol–water partition coefficient (Wildman–Crippen LogP) is 3.35. The average molecular weight is 275 g/mol. The second-order valence-electron chi connectivity index (χ2n) is 5.92. The molecule has 3 nitrogen and oxygen atoms in total. The van der Waals surface area contributed by atoms with E-state index in [1.165, 1.54) is 25.9 Å². The Hall–Kier alpha value is -1.35. The predicted molar refractivity (Wildman–Crippen MR) is 80.8 cm³/mol. The largest absolute Gasteiger partial charge is 0.459 e. The molecule has 3 heteroatoms. The number of rotatable bonds is 5. The lowest BCUT2D eigenvalue weighted by Crippen LogP contribution is -2.36. The van der Waals surface area contributed by atoms with Crippen LogP contribution in [0.2, 0.25) is 0 Å². The third kappa shape index (κ3) is 4.64. The summed E-state index contributed by atoms with van der Waals surface area (Å²) in [5.41, 5.74) is 0.631. The summed E-state index contributed by atoms with van der Waals surface area (Å²) in [4.78, 5) is 14.4. The van der Waals surface area contributed by atoms with Crippen molar-refractivity contribution in [1.82, 2.24) is 4.90 Å². The van der Waals surface area contributed by atoms with E-state index in [9.17, 15) is 4.79 Å². The highest BCUT2D eigenvalue weighted by atomic mass is 16.5. The number of carbonyl (C=O) groups excluding carboxylic acids is 1. The highest BCUT2D eigenvalue weighted by Gasteiger charge is 2.18. The van der Waals surface area contributed by atoms with E-state index in [1.54, 1.807) is 12.1 Å². The van der Waals surface area contributed by atoms with Crippen LogP contribution in [0.15, 0.2) is 30.3 Å². The standard InChI is InChI=1S/C17H25NO2/c1-14-7-6-11-18(13-14)12-10-15(2)20-17(19)16-8-4-3-5-9-16/h3-5,8-9,14-15H,6-7,10-13H2,1-2H3. The number of hydrogen-bond acceptors (Lipinski definition) is 3. The maximum atomic E-state index is 11.9. The molecule has 0 N–H and O–H groups in total. The first-order chi connectivity index (χ1) is 9.65. The number of carbonyl (C=O) groups is 1. The minimum Gasteiger partial charge on any atom is -0.459 e. The lowest BCUT2D eigenvalue weighted by atomic mass is 10.00. The van der Waals surface area contributed by atoms with Crippen LogP contribution in [-0.2, 0) is 4.74 Å². The van der Waals surface area contributed by atoms with E-state index < -0.39 is 0 Å². The third-order valence-electron chi connectivity index (χ3n) is 3.91. The van der Waals surface area contributed by atoms with Gasteiger partial charge in [0.1, 0.15) is 6.10 Å². The van der Waals surface area contributed by atoms with Crippen molar-refractivity contribution in [2.75, 3.05) is 19.6 Å². The maximum absolute atomic E-state index is 11.9. The summed E-state index contributed by atoms with van der Waals surface area (Å²) in [6.45, 7) is 7.68. The number of ether oxygens (including phenoxy) is 1. The molecular formula is C17H25NO2. The van der Waals surface area contributed by atoms with E-state index >= 15 is 0 Å². The number of benzene rings is 1. The smallest absolute Gasteiger partial charge is 0.338 e. The van der Waals surface area contributed by atoms with Gasteiger partial charge in [-0.1, -0.05) is 25.1 Å². The van der Waals surface area contributed by atoms with Crippen LogP contribution < -0.4 is 0 Å². The van der Waals surface area contributed by atoms with Crippen molar-refractivity contribution < 1.29 is 9.53 Å². The van der Waals surface area contributed by atoms with Gasteiger partial charge in [0.2, 0.25) is 0 Å². The zero-order valence-corrected chi connectivity index (χ0v) is 12.5. The van der Waals surface area contributed by atoms with Crippen molar-refractivity contribution in [2.45, 2.75) is 39.2 Å². The molecule has 0 saturated carbocycles. The first-order valence-electron chi connectivity index (χ1n) is 7.63. The summed E-state index contributed by atoms with van der Waals surface area (Å²) in [6, 6.07) is 9.20. The molecule has 1 aromatic carbocycles. The molecule has 0 radical (unpaired) electrons. The van der Waals surface area contributed by atoms with Gasteiger partial charge in [-0.25, -0.2) is 4.79 Å². The fourth-order valence-corrected chi connectivity index (χ4v) is 2.74. The van der Waals surface area contributed by atoms with Crippen LogP contribution in [0.25, 0.3) is 0 Å². The molecule has 1 fully saturated rings. The lowest BCUT2D eigenvalue weighted by Gasteiger charge is -2.31. The van der Waals surface area contributed by atoms with Gasteiger partial charge < -0.3 is 9.64 Å². The van der Waals surface area contributed by atoms with Gasteiger partial charge in [-0.3, -0.25) is 0 Å². The van der Waals surface area contributed by atoms with Gasteiger partial charge in [-0.2, -0.15) is 0 Å². The number of piperidine rings is 1. The molecular weight excluding hydrogens is 250 g/mol. The molecule has 1 heterocycles. The molecule has 0 aliphatic carbocycles. The molecule has 2 rings (SSSR count). The van der Waals surface area contributed by atoms with Gasteiger partial charge in [-0.05, 0) is 50.8 Å². The topological polar surface area (TPSA) is 29.5 Å². The van der Waals surface area contributed by atoms with E-state index in [0.29, 0.717) is 5.56 Å². The lowest BCUT2D eigenvalue weighted by molar-refractivity contribution is 0.0291. The second kappa shape index (κ2) is 7.44. The summed E-state index contributed by atoms with van der Waals surface area (Å²) >= 11 is 0. The molecule has 0 spiro atoms. The van der Waals surface area contributed by atoms with Crippen molar-refractivity contribution in [3.8, 4) is 0 Å². The Balaban J connectivity index is 1.72. The Morgan fingerprint density at radius 3 is 2.85 bits per heavy atom. The Bertz CT molecular complexity index is 418. The molecule has 2 unspecified atom stereocenters. The maximum Gasteiger partial charge on any atom is 0.338 e. The van der Waals surface area contributed by atoms with Crippen molar-refractivity contribution in [2.24, 2.45) is 5.92 Å². The summed E-state index contributed by atoms with van der Waals surface area (Å²) < 4.78 is 5.49. The van der Waals surface area contributed by atoms with Crippen LogP contribution in [-0.4, -0.2) is 36.6 Å². The van der Waals surface area contributed by atoms with E-state index in [0.717, 1.165) is 18.9 Å². The molecule has 1 aromatic rings. The molecule has 1 saturated heterocycles. The van der Waals surface area contributed by atoms with Gasteiger partial charge in [-0.15, -0.1) is 0 Å². The van der Waals surface area contributed by atoms with Crippen LogP contribution >= 0.6 is 0 Å². The fourth-order valence-electron chi connectivity index (χ4n) is 2.74. The van der Waals surface area contributed by atoms with Gasteiger partial charge in [0.15, 0.2) is 0 Å². The quantitative estimate of drug-likeness (QED) is 0.772. The van der Waals surface area contributed by atoms with Crippen molar-refractivity contribution >= 4 is 5.97 Å². The summed E-state index contributed by atoms with van der Waals surface area (Å²) in [6.07, 6.45) is 3.51. The molecule has 1 aliphatic heterocycles. The van der Waals surface area contributed by atoms with Crippen LogP contribution in [0.5, 0.6) is 0 Å². The Morgan fingerprint density at radius 1 is 1.40 bits per heavy atom. The van der Waals surface area contributed by atoms with E-state index in [4.69, 9.17) is 4.74 Å². The molecule has 2 atom stereocenters. The molecule has 0 bridgehead atoms. The summed E-state index contributed by atoms with van der Waals surface area (Å²) in [7, 11) is 0. The average Bonchev–Trinajstić information content (AvgIpc) is 2.46. The van der Waals surface area contributed by atoms with Gasteiger partial charge >= 0.3 is 5.97 Å². The zero-order chi connectivity index (χ0) is 14.4. The Morgan fingerprint density at radius 2 is 2.15 bits per heavy atom. The molecule has 0 aromatic heterocycles. The molecule has 110 valence electrons. The third-order valence-corrected chi connectivity index (χ3v) is 3.91. The van der Waals surface area contributed by atoms with Crippen molar-refractivity contribution in [3.63, 3.8) is 0 Å². The van der Waals surface area contributed by atoms with Gasteiger partial charge in [0, 0.05) is 13.1 Å². The van der Waals surface area contributed by atoms with Crippen LogP contribution in [0.4, 0.5) is 0 Å². The normalized spacial score (nSPS) is 21.4. The van der Waals surface area contributed by atoms with Crippen molar-refractivity contribution in [3.05, 3.63) is 35.9 Å². The SMILES string of the molecule is CC1CCCN(CCC(C)OC(=O)c2ccccc2)C1. The minimum atomic E-state index is -0.217. The number of hydrogen-bond donors (Lipinski definition) is 0. The highest BCUT2D eigenvalue weighted by Crippen LogP contribution is 2.16. The number of likely N-dealkylation sites (tertiary alicyclic amines) is 1. The zero-order valence-electron chi connectivity index (χ0n) is 12.5. The Kier molecular flexibility index (Phi) is 5.60. The minimum absolute atomic E-state index is 0.0278. The van der Waals surface area contributed by atoms with Gasteiger partial charge in [0.05, 0.1) is 5.56 Å². The molecule has 20 heavy (non-hydrogen) atoms. The van der Waals surface area contributed by atoms with Crippen LogP contribution in [0.1, 0.15) is 43.5 Å².